The molecular weight excluding hydrogens is 266 g/mol. The Balaban J connectivity index is 3.65. The van der Waals surface area contributed by atoms with Crippen LogP contribution in [0.15, 0.2) is 0 Å². The monoisotopic (exact) mass is 301 g/mol. The van der Waals surface area contributed by atoms with Crippen LogP contribution in [0.4, 0.5) is 4.79 Å². The second-order valence-corrected chi connectivity index (χ2v) is 6.76. The van der Waals surface area contributed by atoms with E-state index in [0.29, 0.717) is 0 Å². The van der Waals surface area contributed by atoms with Crippen molar-refractivity contribution in [2.45, 2.75) is 58.5 Å². The van der Waals surface area contributed by atoms with Gasteiger partial charge in [0.15, 0.2) is 0 Å². The molecule has 0 aliphatic heterocycles. The summed E-state index contributed by atoms with van der Waals surface area (Å²) >= 11 is 0. The first kappa shape index (κ1) is 20.2. The molecule has 0 saturated carbocycles. The summed E-state index contributed by atoms with van der Waals surface area (Å²) < 4.78 is 5.32. The molecule has 0 heterocycles. The molecule has 0 rings (SSSR count). The van der Waals surface area contributed by atoms with Gasteiger partial charge in [0.1, 0.15) is 5.60 Å². The Labute approximate surface area is 130 Å². The maximum absolute atomic E-state index is 11.8. The molecule has 5 heteroatoms. The molecule has 1 amide bonds. The number of hydrogen-bond acceptors (Lipinski definition) is 4. The Kier molecular flexibility index (Phi) is 10.4. The van der Waals surface area contributed by atoms with Crippen molar-refractivity contribution < 1.29 is 9.53 Å². The summed E-state index contributed by atoms with van der Waals surface area (Å²) in [5.74, 6) is 0. The van der Waals surface area contributed by atoms with Crippen LogP contribution in [0, 0.1) is 0 Å². The zero-order chi connectivity index (χ0) is 16.3. The van der Waals surface area contributed by atoms with E-state index in [9.17, 15) is 4.79 Å². The van der Waals surface area contributed by atoms with Gasteiger partial charge in [0.2, 0.25) is 0 Å². The fraction of sp³-hybridized carbons (Fsp3) is 0.938. The third-order valence-corrected chi connectivity index (χ3v) is 3.23. The third-order valence-electron chi connectivity index (χ3n) is 3.23. The van der Waals surface area contributed by atoms with Gasteiger partial charge in [-0.25, -0.2) is 4.79 Å². The number of amides is 1. The van der Waals surface area contributed by atoms with Gasteiger partial charge in [0.05, 0.1) is 0 Å². The van der Waals surface area contributed by atoms with Crippen LogP contribution in [0.25, 0.3) is 0 Å². The number of carbonyl (C=O) groups excluding carboxylic acids is 1. The molecule has 0 aromatic carbocycles. The number of nitrogens with two attached hydrogens (primary N) is 1. The standard InChI is InChI=1S/C16H35N3O2/c1-16(2,3)21-15(20)19(5)14-10-13-18(4)12-9-7-6-8-11-17/h6-14,17H2,1-5H3. The van der Waals surface area contributed by atoms with E-state index < -0.39 is 5.60 Å². The largest absolute Gasteiger partial charge is 0.444 e. The summed E-state index contributed by atoms with van der Waals surface area (Å²) in [5.41, 5.74) is 5.05. The normalized spacial score (nSPS) is 11.8. The minimum absolute atomic E-state index is 0.244. The molecule has 2 N–H and O–H groups in total. The molecule has 0 aliphatic carbocycles. The van der Waals surface area contributed by atoms with Crippen molar-refractivity contribution in [1.82, 2.24) is 9.80 Å². The van der Waals surface area contributed by atoms with Crippen molar-refractivity contribution in [1.29, 1.82) is 0 Å². The molecule has 126 valence electrons. The molecular formula is C16H35N3O2. The van der Waals surface area contributed by atoms with Gasteiger partial charge in [-0.15, -0.1) is 0 Å². The number of ether oxygens (including phenoxy) is 1. The van der Waals surface area contributed by atoms with Crippen LogP contribution in [0.3, 0.4) is 0 Å². The fourth-order valence-electron chi connectivity index (χ4n) is 2.00. The number of nitrogens with zero attached hydrogens (tertiary/aromatic N) is 2. The van der Waals surface area contributed by atoms with Crippen LogP contribution >= 0.6 is 0 Å². The molecule has 21 heavy (non-hydrogen) atoms. The van der Waals surface area contributed by atoms with Gasteiger partial charge in [-0.05, 0) is 66.7 Å². The van der Waals surface area contributed by atoms with Crippen LogP contribution < -0.4 is 5.73 Å². The molecule has 0 aromatic rings. The fourth-order valence-corrected chi connectivity index (χ4v) is 2.00. The third kappa shape index (κ3) is 12.6. The average Bonchev–Trinajstić information content (AvgIpc) is 2.36. The molecule has 0 bridgehead atoms. The van der Waals surface area contributed by atoms with Crippen molar-refractivity contribution in [3.05, 3.63) is 0 Å². The zero-order valence-electron chi connectivity index (χ0n) is 14.7. The summed E-state index contributed by atoms with van der Waals surface area (Å²) in [7, 11) is 3.93. The van der Waals surface area contributed by atoms with Gasteiger partial charge in [-0.1, -0.05) is 12.8 Å². The highest BCUT2D eigenvalue weighted by Crippen LogP contribution is 2.09. The van der Waals surface area contributed by atoms with E-state index in [1.54, 1.807) is 11.9 Å². The van der Waals surface area contributed by atoms with Gasteiger partial charge < -0.3 is 20.3 Å². The lowest BCUT2D eigenvalue weighted by atomic mass is 10.2. The topological polar surface area (TPSA) is 58.8 Å². The van der Waals surface area contributed by atoms with Crippen LogP contribution in [-0.2, 0) is 4.74 Å². The molecule has 0 spiro atoms. The van der Waals surface area contributed by atoms with Crippen molar-refractivity contribution >= 4 is 6.09 Å². The smallest absolute Gasteiger partial charge is 0.410 e. The van der Waals surface area contributed by atoms with E-state index in [1.165, 1.54) is 19.3 Å². The van der Waals surface area contributed by atoms with Gasteiger partial charge in [-0.3, -0.25) is 0 Å². The van der Waals surface area contributed by atoms with Crippen molar-refractivity contribution in [3.8, 4) is 0 Å². The molecule has 0 atom stereocenters. The first-order valence-corrected chi connectivity index (χ1v) is 8.09. The maximum Gasteiger partial charge on any atom is 0.410 e. The molecule has 0 aliphatic rings. The predicted octanol–water partition coefficient (Wildman–Crippen LogP) is 2.69. The van der Waals surface area contributed by atoms with Crippen LogP contribution in [0.5, 0.6) is 0 Å². The minimum atomic E-state index is -0.425. The number of unbranched alkanes of at least 4 members (excludes halogenated alkanes) is 3. The molecule has 0 aromatic heterocycles. The van der Waals surface area contributed by atoms with Gasteiger partial charge in [0, 0.05) is 13.6 Å². The molecule has 0 fully saturated rings. The van der Waals surface area contributed by atoms with Crippen LogP contribution in [-0.4, -0.2) is 61.8 Å². The SMILES string of the molecule is CN(CCCCCCN)CCCN(C)C(=O)OC(C)(C)C. The Morgan fingerprint density at radius 2 is 1.52 bits per heavy atom. The highest BCUT2D eigenvalue weighted by molar-refractivity contribution is 5.67. The van der Waals surface area contributed by atoms with E-state index in [0.717, 1.165) is 39.0 Å². The first-order chi connectivity index (χ1) is 9.76. The Hall–Kier alpha value is -0.810. The molecule has 0 unspecified atom stereocenters. The van der Waals surface area contributed by atoms with E-state index in [-0.39, 0.29) is 6.09 Å². The zero-order valence-corrected chi connectivity index (χ0v) is 14.7. The summed E-state index contributed by atoms with van der Waals surface area (Å²) in [6, 6.07) is 0. The van der Waals surface area contributed by atoms with Gasteiger partial charge in [0.25, 0.3) is 0 Å². The van der Waals surface area contributed by atoms with Crippen molar-refractivity contribution in [2.24, 2.45) is 5.73 Å². The molecule has 0 radical (unpaired) electrons. The lowest BCUT2D eigenvalue weighted by Crippen LogP contribution is -2.35. The Morgan fingerprint density at radius 3 is 2.10 bits per heavy atom. The highest BCUT2D eigenvalue weighted by Gasteiger charge is 2.19. The first-order valence-electron chi connectivity index (χ1n) is 8.09. The number of rotatable bonds is 10. The van der Waals surface area contributed by atoms with E-state index in [1.807, 2.05) is 20.8 Å². The summed E-state index contributed by atoms with van der Waals surface area (Å²) in [6.07, 6.45) is 5.55. The lowest BCUT2D eigenvalue weighted by Gasteiger charge is -2.25. The number of carbonyl (C=O) groups is 1. The molecule has 5 nitrogen and oxygen atoms in total. The highest BCUT2D eigenvalue weighted by atomic mass is 16.6. The summed E-state index contributed by atoms with van der Waals surface area (Å²) in [5, 5.41) is 0. The second kappa shape index (κ2) is 10.9. The minimum Gasteiger partial charge on any atom is -0.444 e. The lowest BCUT2D eigenvalue weighted by molar-refractivity contribution is 0.0293. The Morgan fingerprint density at radius 1 is 0.952 bits per heavy atom. The summed E-state index contributed by atoms with van der Waals surface area (Å²) in [6.45, 7) is 9.30. The van der Waals surface area contributed by atoms with Crippen LogP contribution in [0.1, 0.15) is 52.9 Å². The second-order valence-electron chi connectivity index (χ2n) is 6.76. The van der Waals surface area contributed by atoms with Crippen molar-refractivity contribution in [2.75, 3.05) is 40.3 Å². The Bertz CT molecular complexity index is 277. The summed E-state index contributed by atoms with van der Waals surface area (Å²) in [4.78, 5) is 15.8. The van der Waals surface area contributed by atoms with Gasteiger partial charge in [-0.2, -0.15) is 0 Å². The maximum atomic E-state index is 11.8. The number of hydrogen-bond donors (Lipinski definition) is 1. The van der Waals surface area contributed by atoms with Crippen molar-refractivity contribution in [3.63, 3.8) is 0 Å². The molecule has 0 saturated heterocycles. The quantitative estimate of drug-likeness (QED) is 0.630. The predicted molar refractivity (Wildman–Crippen MR) is 88.5 cm³/mol. The van der Waals surface area contributed by atoms with Gasteiger partial charge >= 0.3 is 6.09 Å². The average molecular weight is 301 g/mol. The van der Waals surface area contributed by atoms with E-state index >= 15 is 0 Å². The van der Waals surface area contributed by atoms with Crippen LogP contribution in [0.2, 0.25) is 0 Å². The van der Waals surface area contributed by atoms with E-state index in [2.05, 4.69) is 11.9 Å². The van der Waals surface area contributed by atoms with E-state index in [4.69, 9.17) is 10.5 Å².